The van der Waals surface area contributed by atoms with Crippen molar-refractivity contribution in [3.8, 4) is 5.75 Å². The lowest BCUT2D eigenvalue weighted by Crippen LogP contribution is -2.12. The van der Waals surface area contributed by atoms with E-state index in [0.29, 0.717) is 15.2 Å². The van der Waals surface area contributed by atoms with E-state index >= 15 is 0 Å². The first-order valence-corrected chi connectivity index (χ1v) is 6.78. The number of aromatic hydroxyl groups is 1. The highest BCUT2D eigenvalue weighted by molar-refractivity contribution is 9.10. The Kier molecular flexibility index (Phi) is 4.34. The number of hydrogen-bond acceptors (Lipinski definition) is 2. The van der Waals surface area contributed by atoms with E-state index in [-0.39, 0.29) is 16.3 Å². The van der Waals surface area contributed by atoms with Gasteiger partial charge < -0.3 is 10.4 Å². The summed E-state index contributed by atoms with van der Waals surface area (Å²) in [5.74, 6) is -0.582. The van der Waals surface area contributed by atoms with E-state index in [1.807, 2.05) is 0 Å². The predicted molar refractivity (Wildman–Crippen MR) is 80.2 cm³/mol. The van der Waals surface area contributed by atoms with Gasteiger partial charge in [-0.2, -0.15) is 0 Å². The van der Waals surface area contributed by atoms with Crippen molar-refractivity contribution in [3.63, 3.8) is 0 Å². The Morgan fingerprint density at radius 2 is 1.95 bits per heavy atom. The van der Waals surface area contributed by atoms with Gasteiger partial charge in [-0.25, -0.2) is 0 Å². The highest BCUT2D eigenvalue weighted by Crippen LogP contribution is 2.30. The molecule has 0 heterocycles. The average molecular weight is 361 g/mol. The number of phenolic OH excluding ortho intramolecular Hbond substituents is 1. The van der Waals surface area contributed by atoms with Crippen molar-refractivity contribution >= 4 is 50.7 Å². The topological polar surface area (TPSA) is 49.3 Å². The van der Waals surface area contributed by atoms with Gasteiger partial charge in [0.15, 0.2) is 0 Å². The molecule has 98 valence electrons. The molecule has 0 aliphatic carbocycles. The third kappa shape index (κ3) is 3.21. The second kappa shape index (κ2) is 5.82. The molecule has 0 fully saturated rings. The first-order valence-electron chi connectivity index (χ1n) is 5.23. The fourth-order valence-corrected chi connectivity index (χ4v) is 2.19. The van der Waals surface area contributed by atoms with Gasteiger partial charge in [0, 0.05) is 4.47 Å². The minimum Gasteiger partial charge on any atom is -0.507 e. The molecular formula is C13H8BrCl2NO2. The summed E-state index contributed by atoms with van der Waals surface area (Å²) >= 11 is 15.1. The third-order valence-corrected chi connectivity index (χ3v) is 3.72. The molecule has 2 N–H and O–H groups in total. The van der Waals surface area contributed by atoms with Crippen molar-refractivity contribution in [1.82, 2.24) is 0 Å². The van der Waals surface area contributed by atoms with Gasteiger partial charge >= 0.3 is 0 Å². The van der Waals surface area contributed by atoms with Crippen molar-refractivity contribution in [2.24, 2.45) is 0 Å². The lowest BCUT2D eigenvalue weighted by atomic mass is 10.2. The zero-order valence-corrected chi connectivity index (χ0v) is 12.6. The molecule has 0 radical (unpaired) electrons. The molecule has 0 bridgehead atoms. The molecule has 0 atom stereocenters. The minimum atomic E-state index is -0.469. The molecule has 2 aromatic rings. The molecule has 0 unspecified atom stereocenters. The fraction of sp³-hybridized carbons (Fsp3) is 0. The Morgan fingerprint density at radius 1 is 1.21 bits per heavy atom. The van der Waals surface area contributed by atoms with Crippen molar-refractivity contribution < 1.29 is 9.90 Å². The van der Waals surface area contributed by atoms with E-state index < -0.39 is 5.91 Å². The number of anilines is 1. The number of phenols is 1. The van der Waals surface area contributed by atoms with Gasteiger partial charge in [0.25, 0.3) is 5.91 Å². The van der Waals surface area contributed by atoms with Gasteiger partial charge in [-0.15, -0.1) is 0 Å². The zero-order valence-electron chi connectivity index (χ0n) is 9.45. The van der Waals surface area contributed by atoms with Gasteiger partial charge in [-0.1, -0.05) is 45.2 Å². The monoisotopic (exact) mass is 359 g/mol. The van der Waals surface area contributed by atoms with Crippen molar-refractivity contribution in [1.29, 1.82) is 0 Å². The first kappa shape index (κ1) is 14.2. The van der Waals surface area contributed by atoms with Gasteiger partial charge in [-0.3, -0.25) is 4.79 Å². The molecule has 19 heavy (non-hydrogen) atoms. The highest BCUT2D eigenvalue weighted by atomic mass is 79.9. The number of benzene rings is 2. The molecule has 6 heteroatoms. The van der Waals surface area contributed by atoms with Gasteiger partial charge in [0.2, 0.25) is 0 Å². The van der Waals surface area contributed by atoms with E-state index in [4.69, 9.17) is 23.2 Å². The first-order chi connectivity index (χ1) is 8.99. The van der Waals surface area contributed by atoms with E-state index in [2.05, 4.69) is 21.2 Å². The molecule has 3 nitrogen and oxygen atoms in total. The van der Waals surface area contributed by atoms with Crippen LogP contribution in [0.25, 0.3) is 0 Å². The summed E-state index contributed by atoms with van der Waals surface area (Å²) in [7, 11) is 0. The third-order valence-electron chi connectivity index (χ3n) is 2.40. The summed E-state index contributed by atoms with van der Waals surface area (Å²) in [6.07, 6.45) is 0. The van der Waals surface area contributed by atoms with Crippen molar-refractivity contribution in [3.05, 3.63) is 56.5 Å². The number of carbonyl (C=O) groups excluding carboxylic acids is 1. The smallest absolute Gasteiger partial charge is 0.259 e. The molecule has 2 aromatic carbocycles. The van der Waals surface area contributed by atoms with Crippen LogP contribution in [-0.4, -0.2) is 11.0 Å². The van der Waals surface area contributed by atoms with Crippen LogP contribution >= 0.6 is 39.1 Å². The van der Waals surface area contributed by atoms with Crippen LogP contribution in [0.2, 0.25) is 10.0 Å². The quantitative estimate of drug-likeness (QED) is 0.814. The Bertz CT molecular complexity index is 647. The van der Waals surface area contributed by atoms with Crippen LogP contribution in [0.3, 0.4) is 0 Å². The second-order valence-corrected chi connectivity index (χ2v) is 5.42. The number of carbonyl (C=O) groups is 1. The lowest BCUT2D eigenvalue weighted by Gasteiger charge is -2.09. The SMILES string of the molecule is O=C(Nc1cccc(Cl)c1Cl)c1cc(Br)ccc1O. The summed E-state index contributed by atoms with van der Waals surface area (Å²) < 4.78 is 0.688. The largest absolute Gasteiger partial charge is 0.507 e. The van der Waals surface area contributed by atoms with Gasteiger partial charge in [0.1, 0.15) is 5.75 Å². The van der Waals surface area contributed by atoms with Crippen LogP contribution in [0.5, 0.6) is 5.75 Å². The Morgan fingerprint density at radius 3 is 2.68 bits per heavy atom. The Hall–Kier alpha value is -1.23. The maximum absolute atomic E-state index is 12.1. The number of halogens is 3. The standard InChI is InChI=1S/C13H8BrCl2NO2/c14-7-4-5-11(18)8(6-7)13(19)17-10-3-1-2-9(15)12(10)16/h1-6,18H,(H,17,19). The molecule has 0 spiro atoms. The van der Waals surface area contributed by atoms with E-state index in [0.717, 1.165) is 0 Å². The molecule has 0 aliphatic heterocycles. The van der Waals surface area contributed by atoms with Gasteiger partial charge in [0.05, 0.1) is 21.3 Å². The Balaban J connectivity index is 2.31. The van der Waals surface area contributed by atoms with Gasteiger partial charge in [-0.05, 0) is 30.3 Å². The van der Waals surface area contributed by atoms with Crippen LogP contribution in [-0.2, 0) is 0 Å². The number of amides is 1. The zero-order chi connectivity index (χ0) is 14.0. The molecule has 2 rings (SSSR count). The number of hydrogen-bond donors (Lipinski definition) is 2. The molecular weight excluding hydrogens is 353 g/mol. The number of rotatable bonds is 2. The Labute approximate surface area is 128 Å². The molecule has 0 saturated carbocycles. The molecule has 0 aromatic heterocycles. The summed E-state index contributed by atoms with van der Waals surface area (Å²) in [4.78, 5) is 12.1. The summed E-state index contributed by atoms with van der Waals surface area (Å²) in [5.41, 5.74) is 0.531. The van der Waals surface area contributed by atoms with E-state index in [1.165, 1.54) is 12.1 Å². The summed E-state index contributed by atoms with van der Waals surface area (Å²) in [5, 5.41) is 12.9. The maximum atomic E-state index is 12.1. The summed E-state index contributed by atoms with van der Waals surface area (Å²) in [6.45, 7) is 0. The van der Waals surface area contributed by atoms with Crippen LogP contribution in [0, 0.1) is 0 Å². The normalized spacial score (nSPS) is 10.3. The van der Waals surface area contributed by atoms with Crippen molar-refractivity contribution in [2.45, 2.75) is 0 Å². The average Bonchev–Trinajstić information content (AvgIpc) is 2.38. The summed E-state index contributed by atoms with van der Waals surface area (Å²) in [6, 6.07) is 9.50. The maximum Gasteiger partial charge on any atom is 0.259 e. The molecule has 0 saturated heterocycles. The van der Waals surface area contributed by atoms with E-state index in [9.17, 15) is 9.90 Å². The minimum absolute atomic E-state index is 0.112. The predicted octanol–water partition coefficient (Wildman–Crippen LogP) is 4.71. The van der Waals surface area contributed by atoms with Crippen LogP contribution < -0.4 is 5.32 Å². The number of nitrogens with one attached hydrogen (secondary N) is 1. The van der Waals surface area contributed by atoms with E-state index in [1.54, 1.807) is 24.3 Å². The van der Waals surface area contributed by atoms with Crippen LogP contribution in [0.1, 0.15) is 10.4 Å². The second-order valence-electron chi connectivity index (χ2n) is 3.72. The highest BCUT2D eigenvalue weighted by Gasteiger charge is 2.14. The molecule has 1 amide bonds. The fourth-order valence-electron chi connectivity index (χ4n) is 1.48. The van der Waals surface area contributed by atoms with Crippen molar-refractivity contribution in [2.75, 3.05) is 5.32 Å². The van der Waals surface area contributed by atoms with Crippen LogP contribution in [0.15, 0.2) is 40.9 Å². The lowest BCUT2D eigenvalue weighted by molar-refractivity contribution is 0.102. The molecule has 0 aliphatic rings. The van der Waals surface area contributed by atoms with Crippen LogP contribution in [0.4, 0.5) is 5.69 Å².